The van der Waals surface area contributed by atoms with Crippen molar-refractivity contribution in [1.82, 2.24) is 5.32 Å². The lowest BCUT2D eigenvalue weighted by Crippen LogP contribution is -2.23. The molecular weight excluding hydrogens is 152 g/mol. The van der Waals surface area contributed by atoms with E-state index in [1.54, 1.807) is 0 Å². The Kier molecular flexibility index (Phi) is 6.76. The summed E-state index contributed by atoms with van der Waals surface area (Å²) in [6, 6.07) is 0. The first kappa shape index (κ1) is 11.4. The van der Waals surface area contributed by atoms with Crippen LogP contribution < -0.4 is 11.1 Å². The SMILES string of the molecule is CCC(C)CNCCCC(N)=O. The van der Waals surface area contributed by atoms with Crippen molar-refractivity contribution in [1.29, 1.82) is 0 Å². The number of nitrogens with two attached hydrogens (primary N) is 1. The van der Waals surface area contributed by atoms with E-state index in [4.69, 9.17) is 5.73 Å². The van der Waals surface area contributed by atoms with Crippen molar-refractivity contribution in [2.45, 2.75) is 33.1 Å². The topological polar surface area (TPSA) is 55.1 Å². The van der Waals surface area contributed by atoms with Crippen molar-refractivity contribution in [3.05, 3.63) is 0 Å². The number of amides is 1. The van der Waals surface area contributed by atoms with Gasteiger partial charge in [0, 0.05) is 6.42 Å². The molecule has 3 heteroatoms. The molecular formula is C9H20N2O. The number of hydrogen-bond donors (Lipinski definition) is 2. The summed E-state index contributed by atoms with van der Waals surface area (Å²) in [6.45, 7) is 6.32. The first-order valence-corrected chi connectivity index (χ1v) is 4.65. The molecule has 0 aromatic rings. The van der Waals surface area contributed by atoms with Gasteiger partial charge in [-0.25, -0.2) is 0 Å². The van der Waals surface area contributed by atoms with E-state index in [0.717, 1.165) is 25.4 Å². The highest BCUT2D eigenvalue weighted by Gasteiger charge is 1.97. The Bertz CT molecular complexity index is 126. The highest BCUT2D eigenvalue weighted by atomic mass is 16.1. The molecule has 0 fully saturated rings. The largest absolute Gasteiger partial charge is 0.370 e. The third-order valence-electron chi connectivity index (χ3n) is 1.97. The van der Waals surface area contributed by atoms with Gasteiger partial charge < -0.3 is 11.1 Å². The summed E-state index contributed by atoms with van der Waals surface area (Å²) in [6.07, 6.45) is 2.54. The molecule has 0 aromatic heterocycles. The van der Waals surface area contributed by atoms with Gasteiger partial charge in [-0.2, -0.15) is 0 Å². The predicted octanol–water partition coefficient (Wildman–Crippen LogP) is 0.888. The van der Waals surface area contributed by atoms with Crippen LogP contribution in [0.2, 0.25) is 0 Å². The molecule has 0 aliphatic rings. The molecule has 1 amide bonds. The zero-order chi connectivity index (χ0) is 9.40. The Morgan fingerprint density at radius 1 is 1.58 bits per heavy atom. The second-order valence-corrected chi connectivity index (χ2v) is 3.29. The molecule has 0 rings (SSSR count). The Balaban J connectivity index is 3.05. The third-order valence-corrected chi connectivity index (χ3v) is 1.97. The Morgan fingerprint density at radius 2 is 2.25 bits per heavy atom. The summed E-state index contributed by atoms with van der Waals surface area (Å²) in [5, 5.41) is 3.28. The Labute approximate surface area is 74.7 Å². The van der Waals surface area contributed by atoms with Crippen LogP contribution in [0.4, 0.5) is 0 Å². The van der Waals surface area contributed by atoms with Gasteiger partial charge in [0.15, 0.2) is 0 Å². The van der Waals surface area contributed by atoms with E-state index in [9.17, 15) is 4.79 Å². The molecule has 12 heavy (non-hydrogen) atoms. The van der Waals surface area contributed by atoms with Crippen molar-refractivity contribution in [3.8, 4) is 0 Å². The van der Waals surface area contributed by atoms with Gasteiger partial charge in [-0.3, -0.25) is 4.79 Å². The van der Waals surface area contributed by atoms with E-state index >= 15 is 0 Å². The van der Waals surface area contributed by atoms with Crippen LogP contribution in [0.1, 0.15) is 33.1 Å². The number of carbonyl (C=O) groups is 1. The Morgan fingerprint density at radius 3 is 2.75 bits per heavy atom. The first-order chi connectivity index (χ1) is 5.66. The predicted molar refractivity (Wildman–Crippen MR) is 50.8 cm³/mol. The second-order valence-electron chi connectivity index (χ2n) is 3.29. The summed E-state index contributed by atoms with van der Waals surface area (Å²) in [5.41, 5.74) is 4.99. The van der Waals surface area contributed by atoms with Crippen molar-refractivity contribution < 1.29 is 4.79 Å². The molecule has 1 atom stereocenters. The molecule has 0 aliphatic carbocycles. The van der Waals surface area contributed by atoms with Gasteiger partial charge in [-0.1, -0.05) is 20.3 Å². The molecule has 72 valence electrons. The van der Waals surface area contributed by atoms with Gasteiger partial charge in [0.05, 0.1) is 0 Å². The standard InChI is InChI=1S/C9H20N2O/c1-3-8(2)7-11-6-4-5-9(10)12/h8,11H,3-7H2,1-2H3,(H2,10,12). The molecule has 0 bridgehead atoms. The van der Waals surface area contributed by atoms with Crippen LogP contribution in [0, 0.1) is 5.92 Å². The fourth-order valence-electron chi connectivity index (χ4n) is 0.880. The molecule has 0 radical (unpaired) electrons. The average Bonchev–Trinajstić information content (AvgIpc) is 2.03. The number of hydrogen-bond acceptors (Lipinski definition) is 2. The van der Waals surface area contributed by atoms with Crippen LogP contribution in [-0.4, -0.2) is 19.0 Å². The molecule has 0 spiro atoms. The molecule has 3 nitrogen and oxygen atoms in total. The zero-order valence-corrected chi connectivity index (χ0v) is 8.10. The highest BCUT2D eigenvalue weighted by molar-refractivity contribution is 5.73. The summed E-state index contributed by atoms with van der Waals surface area (Å²) in [4.78, 5) is 10.3. The monoisotopic (exact) mass is 172 g/mol. The minimum absolute atomic E-state index is 0.208. The number of rotatable bonds is 7. The molecule has 0 saturated carbocycles. The lowest BCUT2D eigenvalue weighted by molar-refractivity contribution is -0.118. The lowest BCUT2D eigenvalue weighted by Gasteiger charge is -2.08. The van der Waals surface area contributed by atoms with Gasteiger partial charge in [-0.15, -0.1) is 0 Å². The van der Waals surface area contributed by atoms with Crippen LogP contribution in [0.25, 0.3) is 0 Å². The molecule has 0 heterocycles. The minimum atomic E-state index is -0.208. The van der Waals surface area contributed by atoms with Crippen LogP contribution in [0.3, 0.4) is 0 Å². The second kappa shape index (κ2) is 7.10. The quantitative estimate of drug-likeness (QED) is 0.560. The first-order valence-electron chi connectivity index (χ1n) is 4.65. The molecule has 1 unspecified atom stereocenters. The number of primary amides is 1. The van der Waals surface area contributed by atoms with E-state index in [0.29, 0.717) is 6.42 Å². The number of carbonyl (C=O) groups excluding carboxylic acids is 1. The summed E-state index contributed by atoms with van der Waals surface area (Å²) < 4.78 is 0. The number of nitrogens with one attached hydrogen (secondary N) is 1. The van der Waals surface area contributed by atoms with Crippen molar-refractivity contribution in [3.63, 3.8) is 0 Å². The van der Waals surface area contributed by atoms with Gasteiger partial charge in [-0.05, 0) is 25.4 Å². The van der Waals surface area contributed by atoms with Gasteiger partial charge in [0.25, 0.3) is 0 Å². The zero-order valence-electron chi connectivity index (χ0n) is 8.10. The Hall–Kier alpha value is -0.570. The van der Waals surface area contributed by atoms with Crippen molar-refractivity contribution in [2.75, 3.05) is 13.1 Å². The maximum atomic E-state index is 10.3. The molecule has 0 aliphatic heterocycles. The van der Waals surface area contributed by atoms with Crippen LogP contribution in [0.5, 0.6) is 0 Å². The van der Waals surface area contributed by atoms with Crippen molar-refractivity contribution in [2.24, 2.45) is 11.7 Å². The van der Waals surface area contributed by atoms with Crippen LogP contribution in [-0.2, 0) is 4.79 Å². The van der Waals surface area contributed by atoms with Gasteiger partial charge in [0.2, 0.25) is 5.91 Å². The van der Waals surface area contributed by atoms with Gasteiger partial charge in [0.1, 0.15) is 0 Å². The van der Waals surface area contributed by atoms with E-state index in [-0.39, 0.29) is 5.91 Å². The van der Waals surface area contributed by atoms with Crippen LogP contribution in [0.15, 0.2) is 0 Å². The smallest absolute Gasteiger partial charge is 0.217 e. The minimum Gasteiger partial charge on any atom is -0.370 e. The van der Waals surface area contributed by atoms with Crippen molar-refractivity contribution >= 4 is 5.91 Å². The fraction of sp³-hybridized carbons (Fsp3) is 0.889. The average molecular weight is 172 g/mol. The van der Waals surface area contributed by atoms with E-state index in [1.165, 1.54) is 6.42 Å². The summed E-state index contributed by atoms with van der Waals surface area (Å²) >= 11 is 0. The fourth-order valence-corrected chi connectivity index (χ4v) is 0.880. The lowest BCUT2D eigenvalue weighted by atomic mass is 10.1. The normalized spacial score (nSPS) is 12.8. The third kappa shape index (κ3) is 7.54. The van der Waals surface area contributed by atoms with Gasteiger partial charge >= 0.3 is 0 Å². The maximum Gasteiger partial charge on any atom is 0.217 e. The van der Waals surface area contributed by atoms with Crippen LogP contribution >= 0.6 is 0 Å². The molecule has 0 saturated heterocycles. The highest BCUT2D eigenvalue weighted by Crippen LogP contribution is 1.97. The van der Waals surface area contributed by atoms with E-state index in [2.05, 4.69) is 19.2 Å². The van der Waals surface area contributed by atoms with E-state index in [1.807, 2.05) is 0 Å². The molecule has 3 N–H and O–H groups in total. The summed E-state index contributed by atoms with van der Waals surface area (Å²) in [7, 11) is 0. The molecule has 0 aromatic carbocycles. The maximum absolute atomic E-state index is 10.3. The summed E-state index contributed by atoms with van der Waals surface area (Å²) in [5.74, 6) is 0.513. The van der Waals surface area contributed by atoms with E-state index < -0.39 is 0 Å².